The maximum atomic E-state index is 13.3. The minimum Gasteiger partial charge on any atom is -0.480 e. The van der Waals surface area contributed by atoms with Crippen molar-refractivity contribution in [2.24, 2.45) is 0 Å². The van der Waals surface area contributed by atoms with Gasteiger partial charge in [0, 0.05) is 38.1 Å². The lowest BCUT2D eigenvalue weighted by Gasteiger charge is -2.50. The number of likely N-dealkylation sites (N-methyl/N-ethyl adjacent to an activating group) is 1. The van der Waals surface area contributed by atoms with Crippen LogP contribution in [0.2, 0.25) is 0 Å². The second-order valence-corrected chi connectivity index (χ2v) is 8.76. The van der Waals surface area contributed by atoms with E-state index in [1.165, 1.54) is 4.90 Å². The van der Waals surface area contributed by atoms with Gasteiger partial charge in [0.1, 0.15) is 12.3 Å². The van der Waals surface area contributed by atoms with Crippen LogP contribution in [0.1, 0.15) is 33.1 Å². The SMILES string of the molecule is CN1CCN(C(=O)C(C)(C)Oc2ccccc2)CC12CCC(=O)N(CC(=O)O)CC2. The number of nitrogens with zero attached hydrogens (tertiary/aromatic N) is 3. The number of ether oxygens (including phenoxy) is 1. The van der Waals surface area contributed by atoms with Gasteiger partial charge in [-0.25, -0.2) is 0 Å². The second-order valence-electron chi connectivity index (χ2n) is 8.76. The van der Waals surface area contributed by atoms with Crippen molar-refractivity contribution in [2.45, 2.75) is 44.2 Å². The predicted molar refractivity (Wildman–Crippen MR) is 111 cm³/mol. The van der Waals surface area contributed by atoms with Crippen LogP contribution >= 0.6 is 0 Å². The smallest absolute Gasteiger partial charge is 0.323 e. The summed E-state index contributed by atoms with van der Waals surface area (Å²) in [5.41, 5.74) is -1.37. The maximum absolute atomic E-state index is 13.3. The fourth-order valence-corrected chi connectivity index (χ4v) is 4.40. The molecule has 3 rings (SSSR count). The highest BCUT2D eigenvalue weighted by atomic mass is 16.5. The summed E-state index contributed by atoms with van der Waals surface area (Å²) < 4.78 is 5.99. The summed E-state index contributed by atoms with van der Waals surface area (Å²) in [6.07, 6.45) is 1.51. The summed E-state index contributed by atoms with van der Waals surface area (Å²) in [6, 6.07) is 9.29. The van der Waals surface area contributed by atoms with Crippen molar-refractivity contribution in [3.05, 3.63) is 30.3 Å². The molecule has 2 saturated heterocycles. The first-order chi connectivity index (χ1) is 14.1. The normalized spacial score (nSPS) is 23.4. The molecule has 1 aromatic rings. The highest BCUT2D eigenvalue weighted by Crippen LogP contribution is 2.33. The molecule has 0 aromatic heterocycles. The van der Waals surface area contributed by atoms with Crippen molar-refractivity contribution in [1.29, 1.82) is 0 Å². The summed E-state index contributed by atoms with van der Waals surface area (Å²) in [5.74, 6) is -0.590. The van der Waals surface area contributed by atoms with E-state index in [4.69, 9.17) is 9.84 Å². The van der Waals surface area contributed by atoms with Crippen LogP contribution in [-0.2, 0) is 14.4 Å². The Kier molecular flexibility index (Phi) is 6.36. The van der Waals surface area contributed by atoms with Gasteiger partial charge in [0.15, 0.2) is 5.60 Å². The van der Waals surface area contributed by atoms with Crippen LogP contribution in [0, 0.1) is 0 Å². The molecule has 2 fully saturated rings. The quantitative estimate of drug-likeness (QED) is 0.780. The number of hydrogen-bond acceptors (Lipinski definition) is 5. The zero-order chi connectivity index (χ0) is 21.9. The summed E-state index contributed by atoms with van der Waals surface area (Å²) in [6.45, 7) is 5.43. The van der Waals surface area contributed by atoms with Crippen LogP contribution in [-0.4, -0.2) is 88.5 Å². The van der Waals surface area contributed by atoms with Crippen molar-refractivity contribution >= 4 is 17.8 Å². The Morgan fingerprint density at radius 1 is 1.13 bits per heavy atom. The van der Waals surface area contributed by atoms with Crippen LogP contribution < -0.4 is 4.74 Å². The third-order valence-corrected chi connectivity index (χ3v) is 6.25. The Labute approximate surface area is 177 Å². The molecule has 1 atom stereocenters. The molecule has 1 unspecified atom stereocenters. The zero-order valence-corrected chi connectivity index (χ0v) is 18.0. The van der Waals surface area contributed by atoms with Crippen LogP contribution in [0.4, 0.5) is 0 Å². The number of para-hydroxylation sites is 1. The lowest BCUT2D eigenvalue weighted by Crippen LogP contribution is -2.64. The van der Waals surface area contributed by atoms with E-state index in [0.29, 0.717) is 44.8 Å². The highest BCUT2D eigenvalue weighted by molar-refractivity contribution is 5.85. The molecule has 1 N–H and O–H groups in total. The minimum atomic E-state index is -1.02. The Balaban J connectivity index is 1.73. The topological polar surface area (TPSA) is 90.4 Å². The van der Waals surface area contributed by atoms with Gasteiger partial charge in [-0.1, -0.05) is 18.2 Å². The highest BCUT2D eigenvalue weighted by Gasteiger charge is 2.46. The molecule has 2 amide bonds. The third kappa shape index (κ3) is 4.75. The number of rotatable bonds is 5. The summed E-state index contributed by atoms with van der Waals surface area (Å²) in [5, 5.41) is 9.08. The Morgan fingerprint density at radius 2 is 1.83 bits per heavy atom. The third-order valence-electron chi connectivity index (χ3n) is 6.25. The summed E-state index contributed by atoms with van der Waals surface area (Å²) in [7, 11) is 2.02. The standard InChI is InChI=1S/C22H31N3O5/c1-21(2,30-17-7-5-4-6-8-17)20(29)25-14-13-23(3)22(16-25)10-9-18(26)24(12-11-22)15-19(27)28/h4-8H,9-16H2,1-3H3,(H,27,28). The van der Waals surface area contributed by atoms with E-state index in [9.17, 15) is 14.4 Å². The molecular weight excluding hydrogens is 386 g/mol. The lowest BCUT2D eigenvalue weighted by molar-refractivity contribution is -0.151. The Bertz CT molecular complexity index is 797. The van der Waals surface area contributed by atoms with Gasteiger partial charge in [0.25, 0.3) is 5.91 Å². The van der Waals surface area contributed by atoms with Gasteiger partial charge in [0.2, 0.25) is 5.91 Å². The number of likely N-dealkylation sites (tertiary alicyclic amines) is 1. The number of amides is 2. The average Bonchev–Trinajstić information content (AvgIpc) is 2.84. The number of piperazine rings is 1. The molecule has 0 bridgehead atoms. The Morgan fingerprint density at radius 3 is 2.50 bits per heavy atom. The van der Waals surface area contributed by atoms with E-state index in [1.807, 2.05) is 42.3 Å². The molecule has 1 aromatic carbocycles. The number of benzene rings is 1. The number of carboxylic acids is 1. The van der Waals surface area contributed by atoms with Gasteiger partial charge in [-0.3, -0.25) is 19.3 Å². The fourth-order valence-electron chi connectivity index (χ4n) is 4.40. The van der Waals surface area contributed by atoms with Gasteiger partial charge >= 0.3 is 5.97 Å². The fraction of sp³-hybridized carbons (Fsp3) is 0.591. The number of carbonyl (C=O) groups is 3. The van der Waals surface area contributed by atoms with Gasteiger partial charge < -0.3 is 19.6 Å². The molecule has 0 aliphatic carbocycles. The molecule has 8 heteroatoms. The molecular formula is C22H31N3O5. The molecule has 30 heavy (non-hydrogen) atoms. The van der Waals surface area contributed by atoms with Gasteiger partial charge in [-0.15, -0.1) is 0 Å². The molecule has 2 aliphatic heterocycles. The number of carbonyl (C=O) groups excluding carboxylic acids is 2. The molecule has 1 spiro atoms. The van der Waals surface area contributed by atoms with Gasteiger partial charge in [-0.05, 0) is 45.9 Å². The van der Waals surface area contributed by atoms with Crippen molar-refractivity contribution in [3.8, 4) is 5.75 Å². The number of carboxylic acid groups (broad SMARTS) is 1. The Hall–Kier alpha value is -2.61. The number of hydrogen-bond donors (Lipinski definition) is 1. The van der Waals surface area contributed by atoms with Crippen LogP contribution in [0.5, 0.6) is 5.75 Å². The predicted octanol–water partition coefficient (Wildman–Crippen LogP) is 1.45. The van der Waals surface area contributed by atoms with E-state index < -0.39 is 11.6 Å². The first-order valence-corrected chi connectivity index (χ1v) is 10.4. The lowest BCUT2D eigenvalue weighted by atomic mass is 9.85. The summed E-state index contributed by atoms with van der Waals surface area (Å²) in [4.78, 5) is 42.3. The van der Waals surface area contributed by atoms with E-state index in [1.54, 1.807) is 13.8 Å². The van der Waals surface area contributed by atoms with Crippen molar-refractivity contribution in [3.63, 3.8) is 0 Å². The van der Waals surface area contributed by atoms with Crippen molar-refractivity contribution in [1.82, 2.24) is 14.7 Å². The minimum absolute atomic E-state index is 0.0863. The van der Waals surface area contributed by atoms with E-state index in [-0.39, 0.29) is 30.3 Å². The summed E-state index contributed by atoms with van der Waals surface area (Å²) >= 11 is 0. The molecule has 0 saturated carbocycles. The van der Waals surface area contributed by atoms with Crippen molar-refractivity contribution < 1.29 is 24.2 Å². The van der Waals surface area contributed by atoms with Gasteiger partial charge in [0.05, 0.1) is 0 Å². The zero-order valence-electron chi connectivity index (χ0n) is 18.0. The molecule has 8 nitrogen and oxygen atoms in total. The van der Waals surface area contributed by atoms with E-state index in [0.717, 1.165) is 0 Å². The average molecular weight is 418 g/mol. The van der Waals surface area contributed by atoms with Gasteiger partial charge in [-0.2, -0.15) is 0 Å². The van der Waals surface area contributed by atoms with Crippen LogP contribution in [0.15, 0.2) is 30.3 Å². The maximum Gasteiger partial charge on any atom is 0.323 e. The first kappa shape index (κ1) is 22.1. The first-order valence-electron chi connectivity index (χ1n) is 10.4. The van der Waals surface area contributed by atoms with E-state index in [2.05, 4.69) is 4.90 Å². The monoisotopic (exact) mass is 417 g/mol. The second kappa shape index (κ2) is 8.63. The molecule has 2 aliphatic rings. The van der Waals surface area contributed by atoms with Crippen LogP contribution in [0.3, 0.4) is 0 Å². The molecule has 2 heterocycles. The van der Waals surface area contributed by atoms with E-state index >= 15 is 0 Å². The molecule has 164 valence electrons. The van der Waals surface area contributed by atoms with Crippen molar-refractivity contribution in [2.75, 3.05) is 39.8 Å². The number of aliphatic carboxylic acids is 1. The largest absolute Gasteiger partial charge is 0.480 e. The van der Waals surface area contributed by atoms with Crippen LogP contribution in [0.25, 0.3) is 0 Å². The molecule has 0 radical (unpaired) electrons.